The number of ether oxygens (including phenoxy) is 2. The average Bonchev–Trinajstić information content (AvgIpc) is 2.82. The molecule has 3 aliphatic rings. The van der Waals surface area contributed by atoms with Crippen LogP contribution < -0.4 is 9.47 Å². The van der Waals surface area contributed by atoms with Crippen molar-refractivity contribution < 1.29 is 37.3 Å². The normalized spacial score (nSPS) is 26.1. The molecule has 0 bridgehead atoms. The Labute approximate surface area is 152 Å². The molecule has 1 amide bonds. The Bertz CT molecular complexity index is 879. The van der Waals surface area contributed by atoms with E-state index in [4.69, 9.17) is 9.47 Å². The summed E-state index contributed by atoms with van der Waals surface area (Å²) in [5.41, 5.74) is 0.0727. The zero-order valence-corrected chi connectivity index (χ0v) is 14.3. The molecule has 2 atom stereocenters. The van der Waals surface area contributed by atoms with E-state index in [-0.39, 0.29) is 49.0 Å². The summed E-state index contributed by atoms with van der Waals surface area (Å²) in [7, 11) is 1.34. The lowest BCUT2D eigenvalue weighted by Gasteiger charge is -2.33. The standard InChI is InChI=1S/C18H16F3NO5/c1-26-14-11(24)6-9-8-22(16(25)18(19,20)21)5-4-17-3-2-10(23)7-12(17)27-15(14)13(9)17/h2-3,6,12,24H,4-5,7-8H2,1H3. The lowest BCUT2D eigenvalue weighted by Crippen LogP contribution is -2.44. The molecule has 2 unspecified atom stereocenters. The number of halogens is 3. The number of nitrogens with zero attached hydrogens (tertiary/aromatic N) is 1. The number of carbonyl (C=O) groups is 2. The fourth-order valence-electron chi connectivity index (χ4n) is 4.26. The van der Waals surface area contributed by atoms with Crippen LogP contribution in [0, 0.1) is 0 Å². The summed E-state index contributed by atoms with van der Waals surface area (Å²) in [6.07, 6.45) is -2.34. The van der Waals surface area contributed by atoms with Crippen LogP contribution in [0.1, 0.15) is 24.0 Å². The van der Waals surface area contributed by atoms with Gasteiger partial charge in [0.15, 0.2) is 17.3 Å². The zero-order valence-electron chi connectivity index (χ0n) is 14.3. The van der Waals surface area contributed by atoms with E-state index in [1.807, 2.05) is 0 Å². The predicted molar refractivity (Wildman–Crippen MR) is 85.6 cm³/mol. The first-order valence-electron chi connectivity index (χ1n) is 8.35. The van der Waals surface area contributed by atoms with E-state index in [1.54, 1.807) is 6.08 Å². The third-order valence-electron chi connectivity index (χ3n) is 5.44. The minimum Gasteiger partial charge on any atom is -0.504 e. The highest BCUT2D eigenvalue weighted by atomic mass is 19.4. The fourth-order valence-corrected chi connectivity index (χ4v) is 4.26. The molecule has 0 fully saturated rings. The van der Waals surface area contributed by atoms with Crippen molar-refractivity contribution in [3.63, 3.8) is 0 Å². The molecule has 0 aromatic heterocycles. The van der Waals surface area contributed by atoms with E-state index in [9.17, 15) is 27.9 Å². The molecule has 9 heteroatoms. The largest absolute Gasteiger partial charge is 0.504 e. The molecular weight excluding hydrogens is 367 g/mol. The van der Waals surface area contributed by atoms with Crippen molar-refractivity contribution in [3.8, 4) is 17.2 Å². The number of aromatic hydroxyl groups is 1. The van der Waals surface area contributed by atoms with Gasteiger partial charge in [-0.1, -0.05) is 6.08 Å². The second-order valence-corrected chi connectivity index (χ2v) is 6.92. The van der Waals surface area contributed by atoms with Crippen LogP contribution in [0.3, 0.4) is 0 Å². The Morgan fingerprint density at radius 2 is 2.19 bits per heavy atom. The molecular formula is C18H16F3NO5. The Morgan fingerprint density at radius 1 is 1.44 bits per heavy atom. The van der Waals surface area contributed by atoms with Crippen LogP contribution in [0.25, 0.3) is 0 Å². The smallest absolute Gasteiger partial charge is 0.471 e. The molecule has 6 nitrogen and oxygen atoms in total. The predicted octanol–water partition coefficient (Wildman–Crippen LogP) is 2.22. The van der Waals surface area contributed by atoms with Gasteiger partial charge >= 0.3 is 12.1 Å². The van der Waals surface area contributed by atoms with Crippen LogP contribution in [-0.4, -0.2) is 47.6 Å². The van der Waals surface area contributed by atoms with Crippen molar-refractivity contribution in [2.75, 3.05) is 13.7 Å². The summed E-state index contributed by atoms with van der Waals surface area (Å²) < 4.78 is 50.1. The highest BCUT2D eigenvalue weighted by Crippen LogP contribution is 2.57. The first kappa shape index (κ1) is 17.7. The van der Waals surface area contributed by atoms with Crippen LogP contribution in [0.2, 0.25) is 0 Å². The topological polar surface area (TPSA) is 76.1 Å². The van der Waals surface area contributed by atoms with Crippen molar-refractivity contribution in [2.45, 2.75) is 37.1 Å². The fraction of sp³-hybridized carbons (Fsp3) is 0.444. The summed E-state index contributed by atoms with van der Waals surface area (Å²) in [5, 5.41) is 10.2. The van der Waals surface area contributed by atoms with E-state index in [0.29, 0.717) is 11.1 Å². The zero-order chi connectivity index (χ0) is 19.6. The summed E-state index contributed by atoms with van der Waals surface area (Å²) in [6.45, 7) is -0.480. The maximum Gasteiger partial charge on any atom is 0.471 e. The quantitative estimate of drug-likeness (QED) is 0.805. The summed E-state index contributed by atoms with van der Waals surface area (Å²) >= 11 is 0. The van der Waals surface area contributed by atoms with E-state index >= 15 is 0 Å². The Kier molecular flexibility index (Phi) is 3.70. The molecule has 2 heterocycles. The lowest BCUT2D eigenvalue weighted by molar-refractivity contribution is -0.186. The van der Waals surface area contributed by atoms with Crippen LogP contribution in [0.15, 0.2) is 18.2 Å². The molecule has 0 saturated carbocycles. The molecule has 2 aliphatic heterocycles. The number of alkyl halides is 3. The van der Waals surface area contributed by atoms with Gasteiger partial charge in [0, 0.05) is 25.1 Å². The van der Waals surface area contributed by atoms with Crippen molar-refractivity contribution >= 4 is 11.7 Å². The van der Waals surface area contributed by atoms with Crippen LogP contribution in [0.5, 0.6) is 17.2 Å². The first-order chi connectivity index (χ1) is 12.7. The Hall–Kier alpha value is -2.71. The van der Waals surface area contributed by atoms with Gasteiger partial charge in [0.1, 0.15) is 6.10 Å². The third-order valence-corrected chi connectivity index (χ3v) is 5.44. The number of allylic oxidation sites excluding steroid dienone is 1. The number of phenols is 1. The molecule has 1 aliphatic carbocycles. The van der Waals surface area contributed by atoms with Crippen LogP contribution in [0.4, 0.5) is 13.2 Å². The van der Waals surface area contributed by atoms with Gasteiger partial charge < -0.3 is 19.5 Å². The van der Waals surface area contributed by atoms with E-state index in [1.165, 1.54) is 19.3 Å². The van der Waals surface area contributed by atoms with Gasteiger partial charge in [-0.2, -0.15) is 13.2 Å². The SMILES string of the molecule is COc1c(O)cc2c3c1OC1CC(=O)C=CC31CCN(C(=O)C(F)(F)F)C2. The number of rotatable bonds is 1. The molecule has 4 rings (SSSR count). The number of ketones is 1. The molecule has 0 saturated heterocycles. The Balaban J connectivity index is 1.90. The maximum absolute atomic E-state index is 13.0. The minimum absolute atomic E-state index is 0.0573. The molecule has 1 aromatic rings. The average molecular weight is 383 g/mol. The summed E-state index contributed by atoms with van der Waals surface area (Å²) in [5.74, 6) is -2.10. The number of hydrogen-bond donors (Lipinski definition) is 1. The van der Waals surface area contributed by atoms with E-state index in [0.717, 1.165) is 4.90 Å². The summed E-state index contributed by atoms with van der Waals surface area (Å²) in [4.78, 5) is 24.4. The number of amides is 1. The van der Waals surface area contributed by atoms with Crippen LogP contribution in [-0.2, 0) is 21.5 Å². The second kappa shape index (κ2) is 5.64. The van der Waals surface area contributed by atoms with Gasteiger partial charge in [0.25, 0.3) is 0 Å². The monoisotopic (exact) mass is 383 g/mol. The highest BCUT2D eigenvalue weighted by Gasteiger charge is 2.55. The van der Waals surface area contributed by atoms with Crippen LogP contribution >= 0.6 is 0 Å². The van der Waals surface area contributed by atoms with Crippen molar-refractivity contribution in [1.29, 1.82) is 0 Å². The van der Waals surface area contributed by atoms with E-state index < -0.39 is 23.6 Å². The van der Waals surface area contributed by atoms with Gasteiger partial charge in [-0.25, -0.2) is 0 Å². The molecule has 1 spiro atoms. The lowest BCUT2D eigenvalue weighted by atomic mass is 9.69. The molecule has 1 N–H and O–H groups in total. The molecule has 144 valence electrons. The highest BCUT2D eigenvalue weighted by molar-refractivity contribution is 5.92. The number of phenolic OH excluding ortho intramolecular Hbond substituents is 1. The van der Waals surface area contributed by atoms with Gasteiger partial charge in [-0.05, 0) is 24.1 Å². The first-order valence-corrected chi connectivity index (χ1v) is 8.35. The van der Waals surface area contributed by atoms with Gasteiger partial charge in [0.2, 0.25) is 5.75 Å². The molecule has 1 aromatic carbocycles. The van der Waals surface area contributed by atoms with E-state index in [2.05, 4.69) is 0 Å². The Morgan fingerprint density at radius 3 is 2.85 bits per heavy atom. The van der Waals surface area contributed by atoms with Gasteiger partial charge in [-0.3, -0.25) is 9.59 Å². The van der Waals surface area contributed by atoms with Crippen molar-refractivity contribution in [3.05, 3.63) is 29.3 Å². The molecule has 0 radical (unpaired) electrons. The van der Waals surface area contributed by atoms with Crippen molar-refractivity contribution in [1.82, 2.24) is 4.90 Å². The van der Waals surface area contributed by atoms with Gasteiger partial charge in [-0.15, -0.1) is 0 Å². The van der Waals surface area contributed by atoms with Crippen molar-refractivity contribution in [2.24, 2.45) is 0 Å². The van der Waals surface area contributed by atoms with Gasteiger partial charge in [0.05, 0.1) is 12.5 Å². The number of benzene rings is 1. The minimum atomic E-state index is -4.99. The number of hydrogen-bond acceptors (Lipinski definition) is 5. The third kappa shape index (κ3) is 2.48. The second-order valence-electron chi connectivity index (χ2n) is 6.92. The number of carbonyl (C=O) groups excluding carboxylic acids is 2. The molecule has 27 heavy (non-hydrogen) atoms. The maximum atomic E-state index is 13.0. The summed E-state index contributed by atoms with van der Waals surface area (Å²) in [6, 6.07) is 1.30. The number of methoxy groups -OCH3 is 1.